The second-order valence-corrected chi connectivity index (χ2v) is 2.83. The molecular formula is C9H11ClN2. The first-order chi connectivity index (χ1) is 5.79. The summed E-state index contributed by atoms with van der Waals surface area (Å²) in [4.78, 5) is 4.00. The quantitative estimate of drug-likeness (QED) is 0.655. The summed E-state index contributed by atoms with van der Waals surface area (Å²) in [5.74, 6) is 2.58. The molecule has 0 N–H and O–H groups in total. The van der Waals surface area contributed by atoms with Crippen LogP contribution in [0.3, 0.4) is 0 Å². The molecule has 0 radical (unpaired) electrons. The van der Waals surface area contributed by atoms with Crippen molar-refractivity contribution in [1.29, 1.82) is 0 Å². The Morgan fingerprint density at radius 1 is 1.75 bits per heavy atom. The van der Waals surface area contributed by atoms with Crippen molar-refractivity contribution in [3.05, 3.63) is 17.2 Å². The highest BCUT2D eigenvalue weighted by molar-refractivity contribution is 6.30. The van der Waals surface area contributed by atoms with Gasteiger partial charge < -0.3 is 4.57 Å². The van der Waals surface area contributed by atoms with Crippen molar-refractivity contribution in [2.75, 3.05) is 0 Å². The van der Waals surface area contributed by atoms with Crippen LogP contribution in [0.1, 0.15) is 19.0 Å². The summed E-state index contributed by atoms with van der Waals surface area (Å²) in [5, 5.41) is 0.576. The van der Waals surface area contributed by atoms with Gasteiger partial charge >= 0.3 is 0 Å². The molecule has 0 bridgehead atoms. The highest BCUT2D eigenvalue weighted by Gasteiger charge is 2.05. The van der Waals surface area contributed by atoms with Gasteiger partial charge in [-0.1, -0.05) is 11.6 Å². The average Bonchev–Trinajstić information content (AvgIpc) is 2.43. The third kappa shape index (κ3) is 1.80. The fourth-order valence-corrected chi connectivity index (χ4v) is 1.34. The summed E-state index contributed by atoms with van der Waals surface area (Å²) in [6.45, 7) is 2.94. The molecule has 12 heavy (non-hydrogen) atoms. The molecule has 0 fully saturated rings. The summed E-state index contributed by atoms with van der Waals surface area (Å²) in [7, 11) is 0. The normalized spacial score (nSPS) is 9.75. The van der Waals surface area contributed by atoms with Crippen LogP contribution in [0, 0.1) is 12.3 Å². The van der Waals surface area contributed by atoms with E-state index >= 15 is 0 Å². The predicted molar refractivity (Wildman–Crippen MR) is 50.1 cm³/mol. The van der Waals surface area contributed by atoms with Gasteiger partial charge in [-0.2, -0.15) is 0 Å². The largest absolute Gasteiger partial charge is 0.333 e. The van der Waals surface area contributed by atoms with Gasteiger partial charge in [0.2, 0.25) is 0 Å². The Labute approximate surface area is 77.6 Å². The number of aryl methyl sites for hydroxylation is 1. The number of imidazole rings is 1. The monoisotopic (exact) mass is 182 g/mol. The van der Waals surface area contributed by atoms with E-state index in [1.165, 1.54) is 0 Å². The van der Waals surface area contributed by atoms with Crippen molar-refractivity contribution in [1.82, 2.24) is 9.55 Å². The minimum absolute atomic E-state index is 0.576. The van der Waals surface area contributed by atoms with Gasteiger partial charge in [-0.05, 0) is 6.92 Å². The van der Waals surface area contributed by atoms with Crippen LogP contribution >= 0.6 is 11.6 Å². The number of terminal acetylenes is 1. The van der Waals surface area contributed by atoms with Crippen molar-refractivity contribution in [2.45, 2.75) is 26.3 Å². The highest BCUT2D eigenvalue weighted by atomic mass is 35.5. The lowest BCUT2D eigenvalue weighted by Crippen LogP contribution is -1.99. The number of hydrogen-bond donors (Lipinski definition) is 0. The van der Waals surface area contributed by atoms with Crippen LogP contribution in [-0.2, 0) is 13.0 Å². The van der Waals surface area contributed by atoms with E-state index < -0.39 is 0 Å². The van der Waals surface area contributed by atoms with Crippen LogP contribution in [0.2, 0.25) is 5.15 Å². The molecule has 1 aromatic rings. The van der Waals surface area contributed by atoms with E-state index in [4.69, 9.17) is 18.0 Å². The van der Waals surface area contributed by atoms with Crippen LogP contribution in [0.25, 0.3) is 0 Å². The Morgan fingerprint density at radius 3 is 3.08 bits per heavy atom. The van der Waals surface area contributed by atoms with Crippen LogP contribution in [0.5, 0.6) is 0 Å². The van der Waals surface area contributed by atoms with E-state index in [1.54, 1.807) is 6.33 Å². The molecule has 0 aromatic carbocycles. The van der Waals surface area contributed by atoms with E-state index in [0.29, 0.717) is 11.6 Å². The van der Waals surface area contributed by atoms with E-state index in [0.717, 1.165) is 18.7 Å². The molecule has 0 aliphatic carbocycles. The van der Waals surface area contributed by atoms with E-state index in [1.807, 2.05) is 4.57 Å². The fourth-order valence-electron chi connectivity index (χ4n) is 1.09. The molecule has 0 atom stereocenters. The molecule has 0 amide bonds. The zero-order valence-corrected chi connectivity index (χ0v) is 7.80. The first kappa shape index (κ1) is 9.15. The molecule has 1 heterocycles. The summed E-state index contributed by atoms with van der Waals surface area (Å²) < 4.78 is 2.01. The van der Waals surface area contributed by atoms with Gasteiger partial charge in [-0.15, -0.1) is 12.3 Å². The molecule has 1 aromatic heterocycles. The van der Waals surface area contributed by atoms with E-state index in [9.17, 15) is 0 Å². The lowest BCUT2D eigenvalue weighted by Gasteiger charge is -2.02. The van der Waals surface area contributed by atoms with Gasteiger partial charge in [0, 0.05) is 19.4 Å². The third-order valence-corrected chi connectivity index (χ3v) is 2.06. The van der Waals surface area contributed by atoms with E-state index in [2.05, 4.69) is 17.8 Å². The second kappa shape index (κ2) is 4.18. The van der Waals surface area contributed by atoms with Gasteiger partial charge in [0.25, 0.3) is 0 Å². The molecule has 0 aliphatic rings. The van der Waals surface area contributed by atoms with Crippen molar-refractivity contribution < 1.29 is 0 Å². The fraction of sp³-hybridized carbons (Fsp3) is 0.444. The molecule has 2 nitrogen and oxygen atoms in total. The third-order valence-electron chi connectivity index (χ3n) is 1.74. The highest BCUT2D eigenvalue weighted by Crippen LogP contribution is 2.15. The summed E-state index contributed by atoms with van der Waals surface area (Å²) in [6, 6.07) is 0. The maximum atomic E-state index is 5.86. The Kier molecular flexibility index (Phi) is 3.19. The standard InChI is InChI=1S/C9H11ClN2/c1-3-5-6-8-9(10)11-7-12(8)4-2/h1,7H,4-6H2,2H3. The molecular weight excluding hydrogens is 172 g/mol. The van der Waals surface area contributed by atoms with Crippen molar-refractivity contribution in [2.24, 2.45) is 0 Å². The number of hydrogen-bond acceptors (Lipinski definition) is 1. The lowest BCUT2D eigenvalue weighted by molar-refractivity contribution is 0.709. The number of halogens is 1. The van der Waals surface area contributed by atoms with Gasteiger partial charge in [0.15, 0.2) is 0 Å². The summed E-state index contributed by atoms with van der Waals surface area (Å²) in [6.07, 6.45) is 8.43. The molecule has 0 spiro atoms. The Morgan fingerprint density at radius 2 is 2.50 bits per heavy atom. The zero-order valence-electron chi connectivity index (χ0n) is 7.05. The first-order valence-electron chi connectivity index (χ1n) is 3.92. The lowest BCUT2D eigenvalue weighted by atomic mass is 10.2. The Hall–Kier alpha value is -0.940. The van der Waals surface area contributed by atoms with E-state index in [-0.39, 0.29) is 0 Å². The average molecular weight is 183 g/mol. The second-order valence-electron chi connectivity index (χ2n) is 2.47. The van der Waals surface area contributed by atoms with Crippen molar-refractivity contribution in [3.8, 4) is 12.3 Å². The Bertz CT molecular complexity index is 296. The van der Waals surface area contributed by atoms with Gasteiger partial charge in [0.1, 0.15) is 5.15 Å². The van der Waals surface area contributed by atoms with Gasteiger partial charge in [0.05, 0.1) is 12.0 Å². The molecule has 0 saturated heterocycles. The van der Waals surface area contributed by atoms with Crippen molar-refractivity contribution in [3.63, 3.8) is 0 Å². The van der Waals surface area contributed by atoms with Crippen LogP contribution in [0.4, 0.5) is 0 Å². The molecule has 0 unspecified atom stereocenters. The first-order valence-corrected chi connectivity index (χ1v) is 4.30. The number of rotatable bonds is 3. The molecule has 0 saturated carbocycles. The van der Waals surface area contributed by atoms with Gasteiger partial charge in [-0.3, -0.25) is 0 Å². The molecule has 3 heteroatoms. The Balaban J connectivity index is 2.81. The molecule has 64 valence electrons. The predicted octanol–water partition coefficient (Wildman–Crippen LogP) is 2.12. The van der Waals surface area contributed by atoms with Crippen LogP contribution < -0.4 is 0 Å². The minimum Gasteiger partial charge on any atom is -0.333 e. The van der Waals surface area contributed by atoms with Crippen LogP contribution in [-0.4, -0.2) is 9.55 Å². The maximum absolute atomic E-state index is 5.86. The smallest absolute Gasteiger partial charge is 0.150 e. The van der Waals surface area contributed by atoms with Crippen molar-refractivity contribution >= 4 is 11.6 Å². The SMILES string of the molecule is C#CCCc1c(Cl)ncn1CC. The molecule has 0 aliphatic heterocycles. The van der Waals surface area contributed by atoms with Gasteiger partial charge in [-0.25, -0.2) is 4.98 Å². The van der Waals surface area contributed by atoms with Crippen LogP contribution in [0.15, 0.2) is 6.33 Å². The number of aromatic nitrogens is 2. The molecule has 1 rings (SSSR count). The maximum Gasteiger partial charge on any atom is 0.150 e. The topological polar surface area (TPSA) is 17.8 Å². The summed E-state index contributed by atoms with van der Waals surface area (Å²) in [5.41, 5.74) is 1.04. The number of nitrogens with zero attached hydrogens (tertiary/aromatic N) is 2. The minimum atomic E-state index is 0.576. The summed E-state index contributed by atoms with van der Waals surface area (Å²) >= 11 is 5.86. The zero-order chi connectivity index (χ0) is 8.97.